The first kappa shape index (κ1) is 14.2. The number of halogens is 2. The molecule has 0 saturated heterocycles. The maximum Gasteiger partial charge on any atom is 0.171 e. The number of nitrogens with zero attached hydrogens (tertiary/aromatic N) is 1. The second-order valence-electron chi connectivity index (χ2n) is 3.76. The molecule has 1 aromatic carbocycles. The minimum absolute atomic E-state index is 0.532. The van der Waals surface area contributed by atoms with Gasteiger partial charge in [0, 0.05) is 16.4 Å². The molecular weight excluding hydrogens is 346 g/mol. The van der Waals surface area contributed by atoms with Gasteiger partial charge in [-0.2, -0.15) is 0 Å². The molecule has 19 heavy (non-hydrogen) atoms. The quantitative estimate of drug-likeness (QED) is 0.816. The van der Waals surface area contributed by atoms with Gasteiger partial charge in [0.2, 0.25) is 0 Å². The molecule has 98 valence electrons. The molecule has 0 saturated carbocycles. The predicted molar refractivity (Wildman–Crippen MR) is 86.4 cm³/mol. The van der Waals surface area contributed by atoms with E-state index >= 15 is 0 Å². The van der Waals surface area contributed by atoms with Crippen LogP contribution in [-0.4, -0.2) is 10.1 Å². The van der Waals surface area contributed by atoms with Crippen molar-refractivity contribution in [1.29, 1.82) is 0 Å². The Morgan fingerprint density at radius 1 is 1.32 bits per heavy atom. The Balaban J connectivity index is 1.89. The van der Waals surface area contributed by atoms with Crippen LogP contribution in [-0.2, 0) is 6.54 Å². The van der Waals surface area contributed by atoms with Gasteiger partial charge in [-0.25, -0.2) is 0 Å². The molecule has 0 aliphatic rings. The van der Waals surface area contributed by atoms with Crippen molar-refractivity contribution in [3.63, 3.8) is 0 Å². The van der Waals surface area contributed by atoms with E-state index in [-0.39, 0.29) is 0 Å². The molecule has 0 radical (unpaired) electrons. The molecule has 0 aliphatic carbocycles. The fourth-order valence-electron chi connectivity index (χ4n) is 1.42. The van der Waals surface area contributed by atoms with Crippen molar-refractivity contribution in [2.45, 2.75) is 6.54 Å². The zero-order chi connectivity index (χ0) is 13.7. The topological polar surface area (TPSA) is 37.0 Å². The van der Waals surface area contributed by atoms with Crippen LogP contribution in [0.2, 0.25) is 5.02 Å². The summed E-state index contributed by atoms with van der Waals surface area (Å²) in [5.41, 5.74) is 1.77. The number of anilines is 1. The van der Waals surface area contributed by atoms with E-state index < -0.39 is 0 Å². The van der Waals surface area contributed by atoms with Crippen molar-refractivity contribution in [2.24, 2.45) is 0 Å². The Kier molecular flexibility index (Phi) is 5.13. The van der Waals surface area contributed by atoms with E-state index in [0.29, 0.717) is 16.7 Å². The highest BCUT2D eigenvalue weighted by Crippen LogP contribution is 2.25. The number of nitrogens with one attached hydrogen (secondary N) is 2. The number of aromatic nitrogens is 1. The first-order chi connectivity index (χ1) is 9.15. The summed E-state index contributed by atoms with van der Waals surface area (Å²) in [6, 6.07) is 11.3. The minimum atomic E-state index is 0.532. The first-order valence-electron chi connectivity index (χ1n) is 5.55. The largest absolute Gasteiger partial charge is 0.357 e. The monoisotopic (exact) mass is 355 g/mol. The molecule has 0 fully saturated rings. The Bertz CT molecular complexity index is 577. The molecule has 0 amide bonds. The van der Waals surface area contributed by atoms with Crippen molar-refractivity contribution >= 4 is 50.5 Å². The fourth-order valence-corrected chi connectivity index (χ4v) is 2.04. The molecule has 3 nitrogen and oxygen atoms in total. The lowest BCUT2D eigenvalue weighted by molar-refractivity contribution is 0.882. The van der Waals surface area contributed by atoms with Crippen LogP contribution < -0.4 is 10.6 Å². The smallest absolute Gasteiger partial charge is 0.171 e. The summed E-state index contributed by atoms with van der Waals surface area (Å²) in [6.45, 7) is 0.580. The van der Waals surface area contributed by atoms with E-state index in [1.54, 1.807) is 12.3 Å². The summed E-state index contributed by atoms with van der Waals surface area (Å²) in [5, 5.41) is 7.32. The third-order valence-corrected chi connectivity index (χ3v) is 3.81. The summed E-state index contributed by atoms with van der Waals surface area (Å²) in [5.74, 6) is 0. The molecular formula is C13H11BrClN3S. The number of benzene rings is 1. The lowest BCUT2D eigenvalue weighted by Crippen LogP contribution is -2.28. The second-order valence-corrected chi connectivity index (χ2v) is 5.43. The highest BCUT2D eigenvalue weighted by Gasteiger charge is 2.01. The molecule has 1 aromatic heterocycles. The van der Waals surface area contributed by atoms with Crippen LogP contribution in [0, 0.1) is 0 Å². The van der Waals surface area contributed by atoms with Crippen molar-refractivity contribution in [3.05, 3.63) is 57.8 Å². The van der Waals surface area contributed by atoms with Gasteiger partial charge in [0.15, 0.2) is 5.11 Å². The van der Waals surface area contributed by atoms with Crippen molar-refractivity contribution < 1.29 is 0 Å². The van der Waals surface area contributed by atoms with E-state index in [4.69, 9.17) is 23.8 Å². The van der Waals surface area contributed by atoms with Crippen LogP contribution in [0.15, 0.2) is 47.1 Å². The van der Waals surface area contributed by atoms with Crippen molar-refractivity contribution in [3.8, 4) is 0 Å². The Morgan fingerprint density at radius 2 is 2.16 bits per heavy atom. The van der Waals surface area contributed by atoms with E-state index in [2.05, 4.69) is 31.5 Å². The van der Waals surface area contributed by atoms with Gasteiger partial charge in [0.05, 0.1) is 17.3 Å². The summed E-state index contributed by atoms with van der Waals surface area (Å²) < 4.78 is 0.854. The molecule has 0 aliphatic heterocycles. The van der Waals surface area contributed by atoms with E-state index in [1.165, 1.54) is 0 Å². The van der Waals surface area contributed by atoms with Gasteiger partial charge in [-0.15, -0.1) is 0 Å². The maximum absolute atomic E-state index is 6.01. The molecule has 1 heterocycles. The van der Waals surface area contributed by atoms with Crippen molar-refractivity contribution in [1.82, 2.24) is 10.3 Å². The van der Waals surface area contributed by atoms with Crippen LogP contribution in [0.1, 0.15) is 5.69 Å². The van der Waals surface area contributed by atoms with Crippen LogP contribution in [0.3, 0.4) is 0 Å². The molecule has 0 spiro atoms. The van der Waals surface area contributed by atoms with Crippen LogP contribution in [0.25, 0.3) is 0 Å². The Morgan fingerprint density at radius 3 is 2.84 bits per heavy atom. The molecule has 2 aromatic rings. The third kappa shape index (κ3) is 4.45. The maximum atomic E-state index is 6.01. The second kappa shape index (κ2) is 6.84. The zero-order valence-corrected chi connectivity index (χ0v) is 13.0. The highest BCUT2D eigenvalue weighted by atomic mass is 79.9. The van der Waals surface area contributed by atoms with Crippen LogP contribution in [0.4, 0.5) is 5.69 Å². The number of pyridine rings is 1. The summed E-state index contributed by atoms with van der Waals surface area (Å²) >= 11 is 14.6. The number of thiocarbonyl (C=S) groups is 1. The first-order valence-corrected chi connectivity index (χ1v) is 7.13. The number of hydrogen-bond donors (Lipinski definition) is 2. The molecule has 6 heteroatoms. The lowest BCUT2D eigenvalue weighted by Gasteiger charge is -2.10. The van der Waals surface area contributed by atoms with Crippen molar-refractivity contribution in [2.75, 3.05) is 5.32 Å². The average molecular weight is 357 g/mol. The Labute approximate surface area is 130 Å². The lowest BCUT2D eigenvalue weighted by atomic mass is 10.3. The number of hydrogen-bond acceptors (Lipinski definition) is 2. The van der Waals surface area contributed by atoms with E-state index in [9.17, 15) is 0 Å². The van der Waals surface area contributed by atoms with Gasteiger partial charge >= 0.3 is 0 Å². The van der Waals surface area contributed by atoms with Gasteiger partial charge in [-0.05, 0) is 58.5 Å². The molecule has 2 N–H and O–H groups in total. The van der Waals surface area contributed by atoms with E-state index in [1.807, 2.05) is 30.3 Å². The van der Waals surface area contributed by atoms with Gasteiger partial charge in [0.25, 0.3) is 0 Å². The van der Waals surface area contributed by atoms with E-state index in [0.717, 1.165) is 15.9 Å². The summed E-state index contributed by atoms with van der Waals surface area (Å²) in [6.07, 6.45) is 1.75. The summed E-state index contributed by atoms with van der Waals surface area (Å²) in [7, 11) is 0. The summed E-state index contributed by atoms with van der Waals surface area (Å²) in [4.78, 5) is 4.21. The molecule has 0 unspecified atom stereocenters. The highest BCUT2D eigenvalue weighted by molar-refractivity contribution is 9.10. The number of rotatable bonds is 3. The molecule has 0 atom stereocenters. The third-order valence-electron chi connectivity index (χ3n) is 2.33. The molecule has 2 rings (SSSR count). The zero-order valence-electron chi connectivity index (χ0n) is 9.86. The minimum Gasteiger partial charge on any atom is -0.357 e. The van der Waals surface area contributed by atoms with Crippen LogP contribution in [0.5, 0.6) is 0 Å². The normalized spacial score (nSPS) is 10.0. The molecule has 0 bridgehead atoms. The van der Waals surface area contributed by atoms with Gasteiger partial charge in [-0.3, -0.25) is 4.98 Å². The Hall–Kier alpha value is -1.17. The van der Waals surface area contributed by atoms with Gasteiger partial charge in [-0.1, -0.05) is 17.7 Å². The average Bonchev–Trinajstić information content (AvgIpc) is 2.42. The standard InChI is InChI=1S/C13H11BrClN3S/c14-11-5-4-9(7-12(11)15)18-13(19)17-8-10-3-1-2-6-16-10/h1-7H,8H2,(H2,17,18,19). The SMILES string of the molecule is S=C(NCc1ccccn1)Nc1ccc(Br)c(Cl)c1. The van der Waals surface area contributed by atoms with Gasteiger partial charge in [0.1, 0.15) is 0 Å². The van der Waals surface area contributed by atoms with Gasteiger partial charge < -0.3 is 10.6 Å². The van der Waals surface area contributed by atoms with Crippen LogP contribution >= 0.6 is 39.7 Å². The fraction of sp³-hybridized carbons (Fsp3) is 0.0769. The predicted octanol–water partition coefficient (Wildman–Crippen LogP) is 3.98.